The number of hydrogen-bond acceptors (Lipinski definition) is 4. The summed E-state index contributed by atoms with van der Waals surface area (Å²) in [6.45, 7) is 6.43. The second-order valence-electron chi connectivity index (χ2n) is 4.66. The molecule has 2 amide bonds. The van der Waals surface area contributed by atoms with E-state index in [0.717, 1.165) is 6.42 Å². The number of carbonyl (C=O) groups is 2. The SMILES string of the molecule is CC(C)(C)OC(=O)N1CCC1CONC=O. The van der Waals surface area contributed by atoms with Crippen LogP contribution in [0.2, 0.25) is 0 Å². The molecule has 1 rings (SSSR count). The van der Waals surface area contributed by atoms with Gasteiger partial charge in [-0.05, 0) is 27.2 Å². The fourth-order valence-corrected chi connectivity index (χ4v) is 1.35. The van der Waals surface area contributed by atoms with Gasteiger partial charge in [0.1, 0.15) is 5.60 Å². The molecule has 1 atom stereocenters. The lowest BCUT2D eigenvalue weighted by atomic mass is 10.1. The van der Waals surface area contributed by atoms with E-state index in [9.17, 15) is 9.59 Å². The van der Waals surface area contributed by atoms with E-state index in [1.807, 2.05) is 20.8 Å². The van der Waals surface area contributed by atoms with E-state index in [1.54, 1.807) is 4.90 Å². The topological polar surface area (TPSA) is 67.9 Å². The van der Waals surface area contributed by atoms with E-state index in [0.29, 0.717) is 13.0 Å². The predicted octanol–water partition coefficient (Wildman–Crippen LogP) is 0.673. The van der Waals surface area contributed by atoms with Crippen LogP contribution in [0.3, 0.4) is 0 Å². The lowest BCUT2D eigenvalue weighted by Gasteiger charge is -2.40. The summed E-state index contributed by atoms with van der Waals surface area (Å²) in [7, 11) is 0. The zero-order valence-electron chi connectivity index (χ0n) is 9.86. The number of hydrogen-bond donors (Lipinski definition) is 1. The highest BCUT2D eigenvalue weighted by molar-refractivity contribution is 5.69. The van der Waals surface area contributed by atoms with Gasteiger partial charge in [-0.25, -0.2) is 10.3 Å². The molecule has 0 spiro atoms. The molecule has 0 aromatic carbocycles. The van der Waals surface area contributed by atoms with Crippen LogP contribution in [-0.2, 0) is 14.4 Å². The van der Waals surface area contributed by atoms with Crippen molar-refractivity contribution in [3.05, 3.63) is 0 Å². The average molecular weight is 230 g/mol. The van der Waals surface area contributed by atoms with Crippen molar-refractivity contribution in [3.63, 3.8) is 0 Å². The minimum Gasteiger partial charge on any atom is -0.444 e. The van der Waals surface area contributed by atoms with E-state index in [2.05, 4.69) is 5.48 Å². The van der Waals surface area contributed by atoms with E-state index in [-0.39, 0.29) is 18.7 Å². The minimum absolute atomic E-state index is 0.0118. The van der Waals surface area contributed by atoms with Crippen molar-refractivity contribution in [3.8, 4) is 0 Å². The van der Waals surface area contributed by atoms with E-state index in [4.69, 9.17) is 9.57 Å². The summed E-state index contributed by atoms with van der Waals surface area (Å²) in [6, 6.07) is -0.0118. The molecular weight excluding hydrogens is 212 g/mol. The van der Waals surface area contributed by atoms with E-state index >= 15 is 0 Å². The highest BCUT2D eigenvalue weighted by Gasteiger charge is 2.35. The molecule has 0 aliphatic carbocycles. The number of amides is 2. The van der Waals surface area contributed by atoms with Crippen LogP contribution < -0.4 is 5.48 Å². The number of rotatable bonds is 4. The van der Waals surface area contributed by atoms with Gasteiger partial charge < -0.3 is 9.64 Å². The molecule has 6 nitrogen and oxygen atoms in total. The molecular formula is C10H18N2O4. The number of hydroxylamine groups is 1. The smallest absolute Gasteiger partial charge is 0.410 e. The molecule has 1 saturated heterocycles. The van der Waals surface area contributed by atoms with Gasteiger partial charge in [0.15, 0.2) is 0 Å². The van der Waals surface area contributed by atoms with Gasteiger partial charge in [-0.2, -0.15) is 0 Å². The first kappa shape index (κ1) is 12.8. The Labute approximate surface area is 94.8 Å². The zero-order chi connectivity index (χ0) is 12.2. The molecule has 1 fully saturated rings. The van der Waals surface area contributed by atoms with Crippen LogP contribution in [0.4, 0.5) is 4.79 Å². The lowest BCUT2D eigenvalue weighted by molar-refractivity contribution is -0.123. The van der Waals surface area contributed by atoms with Crippen LogP contribution in [-0.4, -0.2) is 42.2 Å². The van der Waals surface area contributed by atoms with Crippen LogP contribution >= 0.6 is 0 Å². The standard InChI is InChI=1S/C10H18N2O4/c1-10(2,3)16-9(14)12-5-4-8(12)6-15-11-7-13/h7-8H,4-6H2,1-3H3,(H,11,13). The molecule has 0 aromatic rings. The van der Waals surface area contributed by atoms with Gasteiger partial charge in [0.25, 0.3) is 0 Å². The fourth-order valence-electron chi connectivity index (χ4n) is 1.35. The maximum Gasteiger partial charge on any atom is 0.410 e. The minimum atomic E-state index is -0.487. The highest BCUT2D eigenvalue weighted by atomic mass is 16.6. The van der Waals surface area contributed by atoms with Crippen LogP contribution in [0.5, 0.6) is 0 Å². The Kier molecular flexibility index (Phi) is 4.12. The van der Waals surface area contributed by atoms with Crippen molar-refractivity contribution >= 4 is 12.5 Å². The molecule has 1 unspecified atom stereocenters. The Bertz CT molecular complexity index is 262. The summed E-state index contributed by atoms with van der Waals surface area (Å²) >= 11 is 0. The maximum atomic E-state index is 11.6. The van der Waals surface area contributed by atoms with Gasteiger partial charge in [0.05, 0.1) is 12.6 Å². The number of nitrogens with zero attached hydrogens (tertiary/aromatic N) is 1. The largest absolute Gasteiger partial charge is 0.444 e. The Hall–Kier alpha value is -1.30. The van der Waals surface area contributed by atoms with Crippen molar-refractivity contribution in [2.75, 3.05) is 13.2 Å². The third-order valence-electron chi connectivity index (χ3n) is 2.18. The predicted molar refractivity (Wildman–Crippen MR) is 56.5 cm³/mol. The summed E-state index contributed by atoms with van der Waals surface area (Å²) in [5.74, 6) is 0. The quantitative estimate of drug-likeness (QED) is 0.438. The first-order valence-electron chi connectivity index (χ1n) is 5.24. The summed E-state index contributed by atoms with van der Waals surface area (Å²) in [4.78, 5) is 28.0. The van der Waals surface area contributed by atoms with Gasteiger partial charge in [-0.15, -0.1) is 0 Å². The van der Waals surface area contributed by atoms with Gasteiger partial charge in [0.2, 0.25) is 6.41 Å². The normalized spacial score (nSPS) is 19.9. The lowest BCUT2D eigenvalue weighted by Crippen LogP contribution is -2.55. The van der Waals surface area contributed by atoms with Crippen molar-refractivity contribution in [2.45, 2.75) is 38.8 Å². The second kappa shape index (κ2) is 5.16. The molecule has 92 valence electrons. The summed E-state index contributed by atoms with van der Waals surface area (Å²) < 4.78 is 5.22. The third kappa shape index (κ3) is 3.69. The van der Waals surface area contributed by atoms with Crippen LogP contribution in [0.15, 0.2) is 0 Å². The van der Waals surface area contributed by atoms with Gasteiger partial charge in [-0.1, -0.05) is 0 Å². The van der Waals surface area contributed by atoms with Gasteiger partial charge in [-0.3, -0.25) is 9.63 Å². The number of nitrogens with one attached hydrogen (secondary N) is 1. The second-order valence-corrected chi connectivity index (χ2v) is 4.66. The molecule has 1 aliphatic heterocycles. The molecule has 1 aliphatic rings. The van der Waals surface area contributed by atoms with E-state index in [1.165, 1.54) is 0 Å². The Balaban J connectivity index is 2.31. The fraction of sp³-hybridized carbons (Fsp3) is 0.800. The van der Waals surface area contributed by atoms with Crippen molar-refractivity contribution in [1.29, 1.82) is 0 Å². The molecule has 0 saturated carbocycles. The average Bonchev–Trinajstić information content (AvgIpc) is 2.07. The molecule has 0 radical (unpaired) electrons. The summed E-state index contributed by atoms with van der Waals surface area (Å²) in [5.41, 5.74) is 1.61. The molecule has 0 bridgehead atoms. The summed E-state index contributed by atoms with van der Waals surface area (Å²) in [6.07, 6.45) is 0.981. The third-order valence-corrected chi connectivity index (χ3v) is 2.18. The molecule has 0 aromatic heterocycles. The van der Waals surface area contributed by atoms with Crippen LogP contribution in [0.1, 0.15) is 27.2 Å². The van der Waals surface area contributed by atoms with Crippen molar-refractivity contribution in [1.82, 2.24) is 10.4 Å². The summed E-state index contributed by atoms with van der Waals surface area (Å²) in [5, 5.41) is 0. The molecule has 6 heteroatoms. The molecule has 1 heterocycles. The molecule has 1 N–H and O–H groups in total. The Morgan fingerprint density at radius 1 is 1.56 bits per heavy atom. The molecule has 16 heavy (non-hydrogen) atoms. The Morgan fingerprint density at radius 2 is 2.25 bits per heavy atom. The maximum absolute atomic E-state index is 11.6. The van der Waals surface area contributed by atoms with Gasteiger partial charge in [0, 0.05) is 6.54 Å². The van der Waals surface area contributed by atoms with Crippen molar-refractivity contribution in [2.24, 2.45) is 0 Å². The van der Waals surface area contributed by atoms with Crippen LogP contribution in [0, 0.1) is 0 Å². The first-order chi connectivity index (χ1) is 7.44. The number of ether oxygens (including phenoxy) is 1. The first-order valence-corrected chi connectivity index (χ1v) is 5.24. The van der Waals surface area contributed by atoms with E-state index < -0.39 is 5.60 Å². The van der Waals surface area contributed by atoms with Crippen molar-refractivity contribution < 1.29 is 19.2 Å². The van der Waals surface area contributed by atoms with Crippen LogP contribution in [0.25, 0.3) is 0 Å². The number of likely N-dealkylation sites (tertiary alicyclic amines) is 1. The van der Waals surface area contributed by atoms with Gasteiger partial charge >= 0.3 is 6.09 Å². The Morgan fingerprint density at radius 3 is 2.69 bits per heavy atom. The zero-order valence-corrected chi connectivity index (χ0v) is 9.86. The number of carbonyl (C=O) groups excluding carboxylic acids is 2. The highest BCUT2D eigenvalue weighted by Crippen LogP contribution is 2.21. The monoisotopic (exact) mass is 230 g/mol.